The molecule has 4 rings (SSSR count). The zero-order chi connectivity index (χ0) is 26.0. The fourth-order valence-corrected chi connectivity index (χ4v) is 5.68. The van der Waals surface area contributed by atoms with E-state index in [-0.39, 0.29) is 30.3 Å². The molecule has 0 aromatic heterocycles. The third kappa shape index (κ3) is 5.27. The van der Waals surface area contributed by atoms with Gasteiger partial charge >= 0.3 is 0 Å². The van der Waals surface area contributed by atoms with Gasteiger partial charge in [-0.05, 0) is 72.1 Å². The highest BCUT2D eigenvalue weighted by Crippen LogP contribution is 2.46. The molecule has 1 fully saturated rings. The molecule has 1 aliphatic heterocycles. The fraction of sp³-hybridized carbons (Fsp3) is 0.586. The van der Waals surface area contributed by atoms with Crippen LogP contribution in [0.25, 0.3) is 0 Å². The van der Waals surface area contributed by atoms with Crippen LogP contribution in [0.5, 0.6) is 11.5 Å². The molecule has 0 radical (unpaired) electrons. The lowest BCUT2D eigenvalue weighted by Gasteiger charge is -2.42. The Balaban J connectivity index is 1.74. The Hall–Kier alpha value is -2.16. The van der Waals surface area contributed by atoms with E-state index in [9.17, 15) is 10.2 Å². The molecule has 0 bridgehead atoms. The molecule has 7 atom stereocenters. The topological polar surface area (TPSA) is 86.6 Å². The van der Waals surface area contributed by atoms with Gasteiger partial charge in [0.25, 0.3) is 0 Å². The van der Waals surface area contributed by atoms with E-state index in [1.54, 1.807) is 21.3 Å². The molecule has 1 heterocycles. The normalized spacial score (nSPS) is 30.1. The number of ether oxygens (including phenoxy) is 5. The van der Waals surface area contributed by atoms with Gasteiger partial charge in [0.15, 0.2) is 17.8 Å². The second-order valence-corrected chi connectivity index (χ2v) is 10.3. The lowest BCUT2D eigenvalue weighted by Crippen LogP contribution is -2.50. The molecule has 36 heavy (non-hydrogen) atoms. The van der Waals surface area contributed by atoms with E-state index in [2.05, 4.69) is 38.1 Å². The van der Waals surface area contributed by atoms with Crippen molar-refractivity contribution in [3.05, 3.63) is 58.1 Å². The first-order valence-electron chi connectivity index (χ1n) is 12.7. The maximum Gasteiger partial charge on any atom is 0.183 e. The molecule has 0 amide bonds. The summed E-state index contributed by atoms with van der Waals surface area (Å²) in [6.45, 7) is 7.23. The molecular weight excluding hydrogens is 460 g/mol. The average Bonchev–Trinajstić information content (AvgIpc) is 2.87. The first-order chi connectivity index (χ1) is 17.3. The van der Waals surface area contributed by atoms with Crippen molar-refractivity contribution in [1.82, 2.24) is 0 Å². The standard InChI is InChI=1S/C29H40O7/c1-16-9-20-11-21(13-32-4)23(14-35-29-28(31)18(3)24(30)15-36-29)27(22(20)10-17(16)2)19-7-8-25(33-5)26(12-19)34-6/h7-10,12,18,21,23-24,27-31H,11,13-15H2,1-6H3. The first-order valence-corrected chi connectivity index (χ1v) is 12.7. The number of aryl methyl sites for hydroxylation is 2. The van der Waals surface area contributed by atoms with Gasteiger partial charge < -0.3 is 33.9 Å². The van der Waals surface area contributed by atoms with Crippen LogP contribution in [0, 0.1) is 31.6 Å². The molecule has 1 aliphatic carbocycles. The average molecular weight is 501 g/mol. The third-order valence-corrected chi connectivity index (χ3v) is 8.06. The van der Waals surface area contributed by atoms with Gasteiger partial charge in [-0.1, -0.05) is 25.1 Å². The highest BCUT2D eigenvalue weighted by atomic mass is 16.7. The summed E-state index contributed by atoms with van der Waals surface area (Å²) in [4.78, 5) is 0. The Bertz CT molecular complexity index is 1040. The van der Waals surface area contributed by atoms with Crippen LogP contribution < -0.4 is 9.47 Å². The fourth-order valence-electron chi connectivity index (χ4n) is 5.68. The molecule has 2 aliphatic rings. The van der Waals surface area contributed by atoms with Crippen LogP contribution in [-0.4, -0.2) is 69.9 Å². The Labute approximate surface area is 214 Å². The molecule has 7 unspecified atom stereocenters. The summed E-state index contributed by atoms with van der Waals surface area (Å²) in [5.74, 6) is 1.34. The number of aliphatic hydroxyl groups is 2. The van der Waals surface area contributed by atoms with Gasteiger partial charge in [0, 0.05) is 25.6 Å². The van der Waals surface area contributed by atoms with Crippen molar-refractivity contribution >= 4 is 0 Å². The van der Waals surface area contributed by atoms with E-state index < -0.39 is 18.5 Å². The number of methoxy groups -OCH3 is 3. The summed E-state index contributed by atoms with van der Waals surface area (Å²) in [6, 6.07) is 10.7. The van der Waals surface area contributed by atoms with Gasteiger partial charge in [-0.3, -0.25) is 0 Å². The predicted octanol–water partition coefficient (Wildman–Crippen LogP) is 3.62. The quantitative estimate of drug-likeness (QED) is 0.573. The molecule has 198 valence electrons. The number of hydrogen-bond donors (Lipinski definition) is 2. The third-order valence-electron chi connectivity index (χ3n) is 8.06. The van der Waals surface area contributed by atoms with Crippen LogP contribution in [0.4, 0.5) is 0 Å². The van der Waals surface area contributed by atoms with Gasteiger partial charge in [0.05, 0.1) is 33.5 Å². The lowest BCUT2D eigenvalue weighted by atomic mass is 9.66. The van der Waals surface area contributed by atoms with Crippen molar-refractivity contribution in [2.24, 2.45) is 17.8 Å². The van der Waals surface area contributed by atoms with Gasteiger partial charge in [-0.25, -0.2) is 0 Å². The smallest absolute Gasteiger partial charge is 0.183 e. The van der Waals surface area contributed by atoms with Gasteiger partial charge in [0.2, 0.25) is 0 Å². The van der Waals surface area contributed by atoms with Crippen molar-refractivity contribution in [1.29, 1.82) is 0 Å². The van der Waals surface area contributed by atoms with Crippen LogP contribution in [0.2, 0.25) is 0 Å². The largest absolute Gasteiger partial charge is 0.493 e. The van der Waals surface area contributed by atoms with Crippen molar-refractivity contribution in [2.45, 2.75) is 51.6 Å². The minimum atomic E-state index is -0.894. The summed E-state index contributed by atoms with van der Waals surface area (Å²) < 4.78 is 28.7. The van der Waals surface area contributed by atoms with Crippen LogP contribution in [0.1, 0.15) is 40.7 Å². The molecule has 0 saturated carbocycles. The second-order valence-electron chi connectivity index (χ2n) is 10.3. The minimum absolute atomic E-state index is 0.0248. The molecule has 2 N–H and O–H groups in total. The van der Waals surface area contributed by atoms with E-state index in [1.807, 2.05) is 13.0 Å². The Morgan fingerprint density at radius 1 is 0.944 bits per heavy atom. The van der Waals surface area contributed by atoms with Crippen molar-refractivity contribution in [3.63, 3.8) is 0 Å². The molecule has 7 nitrogen and oxygen atoms in total. The van der Waals surface area contributed by atoms with Gasteiger partial charge in [-0.15, -0.1) is 0 Å². The summed E-state index contributed by atoms with van der Waals surface area (Å²) in [6.07, 6.45) is -1.49. The SMILES string of the molecule is COCC1Cc2cc(C)c(C)cc2C(c2ccc(OC)c(OC)c2)C1COC1OCC(O)C(C)C1O. The summed E-state index contributed by atoms with van der Waals surface area (Å²) >= 11 is 0. The maximum absolute atomic E-state index is 10.7. The second kappa shape index (κ2) is 11.5. The summed E-state index contributed by atoms with van der Waals surface area (Å²) in [7, 11) is 5.02. The maximum atomic E-state index is 10.7. The Kier molecular flexibility index (Phi) is 8.58. The van der Waals surface area contributed by atoms with Crippen LogP contribution in [0.3, 0.4) is 0 Å². The lowest BCUT2D eigenvalue weighted by molar-refractivity contribution is -0.259. The van der Waals surface area contributed by atoms with Crippen LogP contribution in [-0.2, 0) is 20.6 Å². The van der Waals surface area contributed by atoms with Crippen molar-refractivity contribution in [2.75, 3.05) is 41.2 Å². The van der Waals surface area contributed by atoms with Crippen molar-refractivity contribution in [3.8, 4) is 11.5 Å². The highest BCUT2D eigenvalue weighted by molar-refractivity contribution is 5.50. The van der Waals surface area contributed by atoms with Crippen molar-refractivity contribution < 1.29 is 33.9 Å². The van der Waals surface area contributed by atoms with E-state index in [0.717, 1.165) is 12.0 Å². The minimum Gasteiger partial charge on any atom is -0.493 e. The Morgan fingerprint density at radius 2 is 1.67 bits per heavy atom. The molecule has 1 saturated heterocycles. The van der Waals surface area contributed by atoms with E-state index >= 15 is 0 Å². The van der Waals surface area contributed by atoms with Crippen LogP contribution >= 0.6 is 0 Å². The number of fused-ring (bicyclic) bond motifs is 1. The predicted molar refractivity (Wildman–Crippen MR) is 137 cm³/mol. The van der Waals surface area contributed by atoms with E-state index in [0.29, 0.717) is 24.7 Å². The number of aliphatic hydroxyl groups excluding tert-OH is 2. The monoisotopic (exact) mass is 500 g/mol. The Morgan fingerprint density at radius 3 is 2.36 bits per heavy atom. The zero-order valence-electron chi connectivity index (χ0n) is 22.2. The summed E-state index contributed by atoms with van der Waals surface area (Å²) in [5, 5.41) is 20.7. The van der Waals surface area contributed by atoms with Gasteiger partial charge in [0.1, 0.15) is 6.10 Å². The first kappa shape index (κ1) is 26.9. The van der Waals surface area contributed by atoms with E-state index in [1.165, 1.54) is 22.3 Å². The zero-order valence-corrected chi connectivity index (χ0v) is 22.2. The number of hydrogen-bond acceptors (Lipinski definition) is 7. The van der Waals surface area contributed by atoms with Crippen LogP contribution in [0.15, 0.2) is 30.3 Å². The molecular formula is C29H40O7. The van der Waals surface area contributed by atoms with Gasteiger partial charge in [-0.2, -0.15) is 0 Å². The molecule has 7 heteroatoms. The molecule has 2 aromatic carbocycles. The molecule has 2 aromatic rings. The number of rotatable bonds is 8. The number of benzene rings is 2. The van der Waals surface area contributed by atoms with E-state index in [4.69, 9.17) is 23.7 Å². The highest BCUT2D eigenvalue weighted by Gasteiger charge is 2.41. The molecule has 0 spiro atoms. The summed E-state index contributed by atoms with van der Waals surface area (Å²) in [5.41, 5.74) is 6.23.